The van der Waals surface area contributed by atoms with Gasteiger partial charge in [0.2, 0.25) is 0 Å². The molecule has 0 aliphatic carbocycles. The lowest BCUT2D eigenvalue weighted by molar-refractivity contribution is 0.0600. The molecule has 20 heavy (non-hydrogen) atoms. The largest absolute Gasteiger partial charge is 0.465 e. The molecule has 1 aromatic heterocycles. The van der Waals surface area contributed by atoms with Gasteiger partial charge in [-0.15, -0.1) is 0 Å². The quantitative estimate of drug-likeness (QED) is 0.793. The highest BCUT2D eigenvalue weighted by molar-refractivity contribution is 5.88. The number of rotatable bonds is 4. The van der Waals surface area contributed by atoms with Crippen molar-refractivity contribution in [1.82, 2.24) is 9.88 Å². The van der Waals surface area contributed by atoms with Gasteiger partial charge in [0.1, 0.15) is 0 Å². The van der Waals surface area contributed by atoms with Gasteiger partial charge in [-0.2, -0.15) is 0 Å². The maximum Gasteiger partial charge on any atom is 0.339 e. The van der Waals surface area contributed by atoms with E-state index in [4.69, 9.17) is 0 Å². The van der Waals surface area contributed by atoms with Crippen LogP contribution in [0.4, 0.5) is 0 Å². The third kappa shape index (κ3) is 4.04. The maximum absolute atomic E-state index is 11.4. The normalized spacial score (nSPS) is 20.4. The third-order valence-electron chi connectivity index (χ3n) is 4.15. The van der Waals surface area contributed by atoms with E-state index in [9.17, 15) is 4.79 Å². The smallest absolute Gasteiger partial charge is 0.339 e. The van der Waals surface area contributed by atoms with Crippen molar-refractivity contribution in [2.45, 2.75) is 39.2 Å². The molecule has 1 atom stereocenters. The molecule has 4 heteroatoms. The fraction of sp³-hybridized carbons (Fsp3) is 0.625. The molecule has 0 amide bonds. The van der Waals surface area contributed by atoms with Crippen LogP contribution in [0, 0.1) is 5.92 Å². The van der Waals surface area contributed by atoms with E-state index >= 15 is 0 Å². The predicted octanol–water partition coefficient (Wildman–Crippen LogP) is 2.88. The number of nitrogens with zero attached hydrogens (tertiary/aromatic N) is 2. The average Bonchev–Trinajstić information content (AvgIpc) is 2.72. The number of hydrogen-bond acceptors (Lipinski definition) is 4. The number of aromatic nitrogens is 1. The molecule has 0 spiro atoms. The number of ether oxygens (including phenoxy) is 1. The van der Waals surface area contributed by atoms with Gasteiger partial charge in [0.25, 0.3) is 0 Å². The highest BCUT2D eigenvalue weighted by atomic mass is 16.5. The number of carbonyl (C=O) groups is 1. The summed E-state index contributed by atoms with van der Waals surface area (Å²) in [5, 5.41) is 0. The van der Waals surface area contributed by atoms with Crippen molar-refractivity contribution in [3.63, 3.8) is 0 Å². The Morgan fingerprint density at radius 3 is 2.90 bits per heavy atom. The fourth-order valence-corrected chi connectivity index (χ4v) is 2.78. The minimum atomic E-state index is -0.329. The Morgan fingerprint density at radius 1 is 1.40 bits per heavy atom. The lowest BCUT2D eigenvalue weighted by Gasteiger charge is -2.19. The molecule has 2 rings (SSSR count). The van der Waals surface area contributed by atoms with Crippen molar-refractivity contribution >= 4 is 5.97 Å². The summed E-state index contributed by atoms with van der Waals surface area (Å²) in [6.45, 7) is 5.46. The van der Waals surface area contributed by atoms with Gasteiger partial charge in [-0.1, -0.05) is 13.3 Å². The molecule has 0 bridgehead atoms. The molecular formula is C16H24N2O2. The first kappa shape index (κ1) is 15.0. The molecule has 1 aromatic rings. The van der Waals surface area contributed by atoms with Crippen LogP contribution in [0.2, 0.25) is 0 Å². The Morgan fingerprint density at radius 2 is 2.25 bits per heavy atom. The summed E-state index contributed by atoms with van der Waals surface area (Å²) in [5.41, 5.74) is 1.53. The third-order valence-corrected chi connectivity index (χ3v) is 4.15. The second-order valence-corrected chi connectivity index (χ2v) is 5.51. The highest BCUT2D eigenvalue weighted by Crippen LogP contribution is 2.21. The predicted molar refractivity (Wildman–Crippen MR) is 78.5 cm³/mol. The maximum atomic E-state index is 11.4. The van der Waals surface area contributed by atoms with Crippen molar-refractivity contribution in [3.8, 4) is 0 Å². The van der Waals surface area contributed by atoms with Crippen molar-refractivity contribution in [2.24, 2.45) is 5.92 Å². The van der Waals surface area contributed by atoms with E-state index in [-0.39, 0.29) is 5.97 Å². The Labute approximate surface area is 121 Å². The van der Waals surface area contributed by atoms with E-state index in [2.05, 4.69) is 21.5 Å². The van der Waals surface area contributed by atoms with Crippen LogP contribution in [-0.4, -0.2) is 36.1 Å². The Bertz CT molecular complexity index is 431. The molecule has 0 aromatic carbocycles. The first-order chi connectivity index (χ1) is 9.72. The molecule has 110 valence electrons. The first-order valence-electron chi connectivity index (χ1n) is 7.48. The summed E-state index contributed by atoms with van der Waals surface area (Å²) in [5.74, 6) is 0.555. The van der Waals surface area contributed by atoms with Crippen molar-refractivity contribution in [1.29, 1.82) is 0 Å². The molecule has 1 aliphatic heterocycles. The summed E-state index contributed by atoms with van der Waals surface area (Å²) in [6, 6.07) is 3.72. The summed E-state index contributed by atoms with van der Waals surface area (Å²) in [7, 11) is 1.39. The Kier molecular flexibility index (Phi) is 5.53. The fourth-order valence-electron chi connectivity index (χ4n) is 2.78. The lowest BCUT2D eigenvalue weighted by Crippen LogP contribution is -2.24. The molecule has 4 nitrogen and oxygen atoms in total. The Hall–Kier alpha value is -1.42. The molecule has 0 radical (unpaired) electrons. The number of hydrogen-bond donors (Lipinski definition) is 0. The van der Waals surface area contributed by atoms with Gasteiger partial charge in [-0.3, -0.25) is 9.88 Å². The number of likely N-dealkylation sites (tertiary alicyclic amines) is 1. The van der Waals surface area contributed by atoms with Gasteiger partial charge in [-0.25, -0.2) is 4.79 Å². The van der Waals surface area contributed by atoms with Crippen LogP contribution in [0.1, 0.15) is 48.7 Å². The number of methoxy groups -OCH3 is 1. The van der Waals surface area contributed by atoms with E-state index in [1.54, 1.807) is 12.3 Å². The zero-order valence-electron chi connectivity index (χ0n) is 12.5. The van der Waals surface area contributed by atoms with Gasteiger partial charge in [0.05, 0.1) is 18.4 Å². The summed E-state index contributed by atoms with van der Waals surface area (Å²) < 4.78 is 4.68. The molecule has 1 aliphatic rings. The second kappa shape index (κ2) is 7.39. The van der Waals surface area contributed by atoms with E-state index in [0.717, 1.165) is 31.2 Å². The summed E-state index contributed by atoms with van der Waals surface area (Å²) in [4.78, 5) is 18.2. The molecule has 0 saturated carbocycles. The van der Waals surface area contributed by atoms with Crippen molar-refractivity contribution < 1.29 is 9.53 Å². The highest BCUT2D eigenvalue weighted by Gasteiger charge is 2.16. The topological polar surface area (TPSA) is 42.4 Å². The molecule has 0 N–H and O–H groups in total. The molecular weight excluding hydrogens is 252 g/mol. The van der Waals surface area contributed by atoms with Gasteiger partial charge in [0.15, 0.2) is 0 Å². The zero-order chi connectivity index (χ0) is 14.4. The van der Waals surface area contributed by atoms with Crippen LogP contribution in [-0.2, 0) is 11.3 Å². The zero-order valence-corrected chi connectivity index (χ0v) is 12.5. The SMILES string of the molecule is CCC1CCCN(Cc2ccc(C(=O)OC)cn2)CC1. The average molecular weight is 276 g/mol. The van der Waals surface area contributed by atoms with Crippen LogP contribution in [0.25, 0.3) is 0 Å². The minimum Gasteiger partial charge on any atom is -0.465 e. The van der Waals surface area contributed by atoms with Gasteiger partial charge in [-0.05, 0) is 50.4 Å². The van der Waals surface area contributed by atoms with E-state index < -0.39 is 0 Å². The van der Waals surface area contributed by atoms with Crippen molar-refractivity contribution in [3.05, 3.63) is 29.6 Å². The Balaban J connectivity index is 1.91. The van der Waals surface area contributed by atoms with Crippen LogP contribution in [0.15, 0.2) is 18.3 Å². The minimum absolute atomic E-state index is 0.329. The first-order valence-corrected chi connectivity index (χ1v) is 7.48. The number of carbonyl (C=O) groups excluding carboxylic acids is 1. The molecule has 2 heterocycles. The van der Waals surface area contributed by atoms with Crippen LogP contribution in [0.5, 0.6) is 0 Å². The van der Waals surface area contributed by atoms with Crippen LogP contribution in [0.3, 0.4) is 0 Å². The second-order valence-electron chi connectivity index (χ2n) is 5.51. The van der Waals surface area contributed by atoms with E-state index in [1.165, 1.54) is 32.8 Å². The van der Waals surface area contributed by atoms with E-state index in [0.29, 0.717) is 5.56 Å². The standard InChI is InChI=1S/C16H24N2O2/c1-3-13-5-4-9-18(10-8-13)12-15-7-6-14(11-17-15)16(19)20-2/h6-7,11,13H,3-5,8-10,12H2,1-2H3. The van der Waals surface area contributed by atoms with Gasteiger partial charge < -0.3 is 4.74 Å². The summed E-state index contributed by atoms with van der Waals surface area (Å²) in [6.07, 6.45) is 6.81. The van der Waals surface area contributed by atoms with Gasteiger partial charge in [0, 0.05) is 12.7 Å². The number of pyridine rings is 1. The lowest BCUT2D eigenvalue weighted by atomic mass is 9.98. The van der Waals surface area contributed by atoms with Crippen LogP contribution < -0.4 is 0 Å². The van der Waals surface area contributed by atoms with E-state index in [1.807, 2.05) is 6.07 Å². The number of esters is 1. The molecule has 1 saturated heterocycles. The van der Waals surface area contributed by atoms with Crippen LogP contribution >= 0.6 is 0 Å². The molecule has 1 fully saturated rings. The van der Waals surface area contributed by atoms with Crippen molar-refractivity contribution in [2.75, 3.05) is 20.2 Å². The van der Waals surface area contributed by atoms with Gasteiger partial charge >= 0.3 is 5.97 Å². The monoisotopic (exact) mass is 276 g/mol. The molecule has 1 unspecified atom stereocenters. The summed E-state index contributed by atoms with van der Waals surface area (Å²) >= 11 is 0.